The predicted octanol–water partition coefficient (Wildman–Crippen LogP) is 3.70. The highest BCUT2D eigenvalue weighted by atomic mass is 35.5. The number of benzene rings is 2. The summed E-state index contributed by atoms with van der Waals surface area (Å²) in [4.78, 5) is 4.31. The second-order valence-electron chi connectivity index (χ2n) is 4.76. The number of aromatic nitrogens is 2. The Balaban J connectivity index is 2.10. The van der Waals surface area contributed by atoms with Crippen LogP contribution in [0.1, 0.15) is 0 Å². The molecule has 1 heterocycles. The standard InChI is InChI=1S/C17H14ClFN2O2/c18-13-5-3-6-14(16(13)19)21-9-8-20-17(21)12-4-1-2-7-15(12)23-11-10-22/h1-9,22H,10-11H2. The number of aliphatic hydroxyl groups is 1. The van der Waals surface area contributed by atoms with Gasteiger partial charge in [-0.25, -0.2) is 9.37 Å². The van der Waals surface area contributed by atoms with Crippen molar-refractivity contribution in [3.05, 3.63) is 65.7 Å². The van der Waals surface area contributed by atoms with Crippen LogP contribution in [0.2, 0.25) is 5.02 Å². The van der Waals surface area contributed by atoms with Crippen LogP contribution in [0.25, 0.3) is 17.1 Å². The first kappa shape index (κ1) is 15.5. The maximum atomic E-state index is 14.3. The first-order chi connectivity index (χ1) is 11.2. The van der Waals surface area contributed by atoms with Crippen LogP contribution in [0.3, 0.4) is 0 Å². The molecule has 0 amide bonds. The molecule has 0 aliphatic carbocycles. The molecule has 0 bridgehead atoms. The van der Waals surface area contributed by atoms with Gasteiger partial charge in [-0.15, -0.1) is 0 Å². The van der Waals surface area contributed by atoms with Crippen molar-refractivity contribution in [1.82, 2.24) is 9.55 Å². The smallest absolute Gasteiger partial charge is 0.165 e. The Morgan fingerprint density at radius 2 is 2.00 bits per heavy atom. The summed E-state index contributed by atoms with van der Waals surface area (Å²) < 4.78 is 21.5. The number of hydrogen-bond donors (Lipinski definition) is 1. The number of para-hydroxylation sites is 1. The molecule has 0 saturated carbocycles. The number of halogens is 2. The van der Waals surface area contributed by atoms with Gasteiger partial charge in [0.1, 0.15) is 18.2 Å². The third-order valence-corrected chi connectivity index (χ3v) is 3.60. The number of aliphatic hydroxyl groups excluding tert-OH is 1. The Labute approximate surface area is 137 Å². The summed E-state index contributed by atoms with van der Waals surface area (Å²) in [5, 5.41) is 8.99. The quantitative estimate of drug-likeness (QED) is 0.775. The van der Waals surface area contributed by atoms with Crippen molar-refractivity contribution in [2.45, 2.75) is 0 Å². The Bertz CT molecular complexity index is 820. The van der Waals surface area contributed by atoms with Crippen LogP contribution in [-0.2, 0) is 0 Å². The van der Waals surface area contributed by atoms with Crippen LogP contribution in [0.5, 0.6) is 5.75 Å². The van der Waals surface area contributed by atoms with Crippen molar-refractivity contribution in [2.75, 3.05) is 13.2 Å². The highest BCUT2D eigenvalue weighted by Crippen LogP contribution is 2.31. The van der Waals surface area contributed by atoms with E-state index >= 15 is 0 Å². The molecule has 3 rings (SSSR count). The van der Waals surface area contributed by atoms with E-state index in [0.29, 0.717) is 22.8 Å². The zero-order valence-electron chi connectivity index (χ0n) is 12.1. The van der Waals surface area contributed by atoms with E-state index in [1.165, 1.54) is 6.07 Å². The van der Waals surface area contributed by atoms with Crippen LogP contribution in [0.4, 0.5) is 4.39 Å². The number of rotatable bonds is 5. The van der Waals surface area contributed by atoms with Gasteiger partial charge in [0, 0.05) is 12.4 Å². The van der Waals surface area contributed by atoms with E-state index in [0.717, 1.165) is 0 Å². The number of hydrogen-bond acceptors (Lipinski definition) is 3. The van der Waals surface area contributed by atoms with Gasteiger partial charge in [0.15, 0.2) is 5.82 Å². The maximum Gasteiger partial charge on any atom is 0.165 e. The summed E-state index contributed by atoms with van der Waals surface area (Å²) in [7, 11) is 0. The second kappa shape index (κ2) is 6.81. The van der Waals surface area contributed by atoms with Crippen LogP contribution in [0.15, 0.2) is 54.9 Å². The lowest BCUT2D eigenvalue weighted by Gasteiger charge is -2.13. The van der Waals surface area contributed by atoms with E-state index in [9.17, 15) is 4.39 Å². The van der Waals surface area contributed by atoms with Gasteiger partial charge < -0.3 is 9.84 Å². The summed E-state index contributed by atoms with van der Waals surface area (Å²) in [5.74, 6) is 0.582. The average Bonchev–Trinajstić information content (AvgIpc) is 3.05. The minimum Gasteiger partial charge on any atom is -0.490 e. The third-order valence-electron chi connectivity index (χ3n) is 3.31. The second-order valence-corrected chi connectivity index (χ2v) is 5.17. The lowest BCUT2D eigenvalue weighted by molar-refractivity contribution is 0.202. The van der Waals surface area contributed by atoms with E-state index in [2.05, 4.69) is 4.98 Å². The summed E-state index contributed by atoms with van der Waals surface area (Å²) in [5.41, 5.74) is 1.01. The van der Waals surface area contributed by atoms with Crippen LogP contribution < -0.4 is 4.74 Å². The maximum absolute atomic E-state index is 14.3. The molecular weight excluding hydrogens is 319 g/mol. The lowest BCUT2D eigenvalue weighted by atomic mass is 10.2. The van der Waals surface area contributed by atoms with Gasteiger partial charge in [0.2, 0.25) is 0 Å². The van der Waals surface area contributed by atoms with Crippen LogP contribution >= 0.6 is 11.6 Å². The first-order valence-electron chi connectivity index (χ1n) is 7.03. The zero-order valence-corrected chi connectivity index (χ0v) is 12.9. The highest BCUT2D eigenvalue weighted by Gasteiger charge is 2.16. The molecular formula is C17H14ClFN2O2. The normalized spacial score (nSPS) is 10.7. The summed E-state index contributed by atoms with van der Waals surface area (Å²) >= 11 is 5.87. The summed E-state index contributed by atoms with van der Waals surface area (Å²) in [6, 6.07) is 12.1. The van der Waals surface area contributed by atoms with E-state index in [4.69, 9.17) is 21.4 Å². The van der Waals surface area contributed by atoms with Crippen molar-refractivity contribution in [3.63, 3.8) is 0 Å². The molecule has 0 aliphatic rings. The molecule has 0 aliphatic heterocycles. The van der Waals surface area contributed by atoms with Crippen molar-refractivity contribution in [2.24, 2.45) is 0 Å². The highest BCUT2D eigenvalue weighted by molar-refractivity contribution is 6.30. The van der Waals surface area contributed by atoms with Gasteiger partial charge in [-0.2, -0.15) is 0 Å². The van der Waals surface area contributed by atoms with Crippen molar-refractivity contribution < 1.29 is 14.2 Å². The zero-order chi connectivity index (χ0) is 16.2. The molecule has 2 aromatic carbocycles. The van der Waals surface area contributed by atoms with Gasteiger partial charge in [-0.1, -0.05) is 29.8 Å². The predicted molar refractivity (Wildman–Crippen MR) is 86.5 cm³/mol. The number of ether oxygens (including phenoxy) is 1. The molecule has 0 radical (unpaired) electrons. The van der Waals surface area contributed by atoms with Gasteiger partial charge in [0.25, 0.3) is 0 Å². The van der Waals surface area contributed by atoms with Gasteiger partial charge >= 0.3 is 0 Å². The fourth-order valence-electron chi connectivity index (χ4n) is 2.31. The van der Waals surface area contributed by atoms with E-state index < -0.39 is 5.82 Å². The molecule has 3 aromatic rings. The van der Waals surface area contributed by atoms with E-state index in [1.807, 2.05) is 18.2 Å². The Hall–Kier alpha value is -2.37. The molecule has 0 spiro atoms. The van der Waals surface area contributed by atoms with Crippen molar-refractivity contribution in [1.29, 1.82) is 0 Å². The van der Waals surface area contributed by atoms with Crippen molar-refractivity contribution >= 4 is 11.6 Å². The molecule has 0 unspecified atom stereocenters. The lowest BCUT2D eigenvalue weighted by Crippen LogP contribution is -2.05. The molecule has 1 N–H and O–H groups in total. The minimum absolute atomic E-state index is 0.0481. The molecule has 6 heteroatoms. The molecule has 4 nitrogen and oxygen atoms in total. The van der Waals surface area contributed by atoms with Crippen molar-refractivity contribution in [3.8, 4) is 22.8 Å². The molecule has 1 aromatic heterocycles. The van der Waals surface area contributed by atoms with Gasteiger partial charge in [0.05, 0.1) is 22.9 Å². The molecule has 0 fully saturated rings. The third kappa shape index (κ3) is 3.06. The largest absolute Gasteiger partial charge is 0.490 e. The number of nitrogens with zero attached hydrogens (tertiary/aromatic N) is 2. The molecule has 0 saturated heterocycles. The number of imidazole rings is 1. The molecule has 23 heavy (non-hydrogen) atoms. The Kier molecular flexibility index (Phi) is 4.60. The fourth-order valence-corrected chi connectivity index (χ4v) is 2.48. The van der Waals surface area contributed by atoms with E-state index in [1.54, 1.807) is 35.2 Å². The minimum atomic E-state index is -0.512. The molecule has 0 atom stereocenters. The topological polar surface area (TPSA) is 47.3 Å². The Morgan fingerprint density at radius 1 is 1.17 bits per heavy atom. The average molecular weight is 333 g/mol. The monoisotopic (exact) mass is 332 g/mol. The first-order valence-corrected chi connectivity index (χ1v) is 7.41. The Morgan fingerprint density at radius 3 is 2.83 bits per heavy atom. The SMILES string of the molecule is OCCOc1ccccc1-c1nccn1-c1cccc(Cl)c1F. The van der Waals surface area contributed by atoms with Gasteiger partial charge in [-0.3, -0.25) is 4.57 Å². The van der Waals surface area contributed by atoms with Crippen LogP contribution in [0, 0.1) is 5.82 Å². The van der Waals surface area contributed by atoms with Gasteiger partial charge in [-0.05, 0) is 24.3 Å². The molecule has 118 valence electrons. The fraction of sp³-hybridized carbons (Fsp3) is 0.118. The summed E-state index contributed by atoms with van der Waals surface area (Å²) in [6.45, 7) is 0.0783. The summed E-state index contributed by atoms with van der Waals surface area (Å²) in [6.07, 6.45) is 3.24. The van der Waals surface area contributed by atoms with Crippen LogP contribution in [-0.4, -0.2) is 27.9 Å². The van der Waals surface area contributed by atoms with E-state index in [-0.39, 0.29) is 18.2 Å².